The van der Waals surface area contributed by atoms with Gasteiger partial charge in [-0.15, -0.1) is 11.3 Å². The molecule has 2 heterocycles. The van der Waals surface area contributed by atoms with Crippen LogP contribution in [-0.2, 0) is 5.41 Å². The topological polar surface area (TPSA) is 66.9 Å². The Morgan fingerprint density at radius 3 is 2.39 bits per heavy atom. The van der Waals surface area contributed by atoms with Crippen molar-refractivity contribution in [2.45, 2.75) is 26.2 Å². The molecular weight excluding hydrogens is 442 g/mol. The maximum absolute atomic E-state index is 13.8. The van der Waals surface area contributed by atoms with E-state index in [-0.39, 0.29) is 11.1 Å². The molecule has 8 heteroatoms. The smallest absolute Gasteiger partial charge is 0.308 e. The molecule has 0 atom stereocenters. The SMILES string of the molecule is CC(C)(C)c1nc(-c2ccncc2)c(-c2cccc(NC(=O)Nc3ccc(F)cc3F)c2)s1. The fourth-order valence-electron chi connectivity index (χ4n) is 3.16. The van der Waals surface area contributed by atoms with Gasteiger partial charge in [-0.1, -0.05) is 32.9 Å². The van der Waals surface area contributed by atoms with Gasteiger partial charge in [0.25, 0.3) is 0 Å². The zero-order valence-electron chi connectivity index (χ0n) is 18.3. The molecule has 0 aliphatic rings. The number of rotatable bonds is 4. The minimum Gasteiger partial charge on any atom is -0.308 e. The Balaban J connectivity index is 1.63. The first kappa shape index (κ1) is 22.5. The molecular formula is C25H22F2N4OS. The monoisotopic (exact) mass is 464 g/mol. The van der Waals surface area contributed by atoms with Gasteiger partial charge in [0.05, 0.1) is 21.3 Å². The van der Waals surface area contributed by atoms with Crippen LogP contribution < -0.4 is 10.6 Å². The minimum atomic E-state index is -0.847. The lowest BCUT2D eigenvalue weighted by Gasteiger charge is -2.13. The number of aromatic nitrogens is 2. The minimum absolute atomic E-state index is 0.109. The Hall–Kier alpha value is -3.65. The average Bonchev–Trinajstić information content (AvgIpc) is 3.23. The van der Waals surface area contributed by atoms with Crippen LogP contribution in [0.4, 0.5) is 25.0 Å². The van der Waals surface area contributed by atoms with E-state index in [1.807, 2.05) is 30.3 Å². The molecule has 0 bridgehead atoms. The van der Waals surface area contributed by atoms with E-state index in [9.17, 15) is 13.6 Å². The molecule has 168 valence electrons. The number of carbonyl (C=O) groups excluding carboxylic acids is 1. The van der Waals surface area contributed by atoms with Crippen LogP contribution in [0.3, 0.4) is 0 Å². The van der Waals surface area contributed by atoms with Gasteiger partial charge in [-0.25, -0.2) is 18.6 Å². The predicted molar refractivity (Wildman–Crippen MR) is 128 cm³/mol. The lowest BCUT2D eigenvalue weighted by Crippen LogP contribution is -2.20. The summed E-state index contributed by atoms with van der Waals surface area (Å²) >= 11 is 1.60. The van der Waals surface area contributed by atoms with E-state index >= 15 is 0 Å². The summed E-state index contributed by atoms with van der Waals surface area (Å²) in [4.78, 5) is 22.4. The second kappa shape index (κ2) is 9.07. The molecule has 0 spiro atoms. The van der Waals surface area contributed by atoms with Gasteiger partial charge in [-0.2, -0.15) is 0 Å². The number of anilines is 2. The van der Waals surface area contributed by atoms with Gasteiger partial charge < -0.3 is 10.6 Å². The third-order valence-corrected chi connectivity index (χ3v) is 6.31. The number of carbonyl (C=O) groups is 1. The van der Waals surface area contributed by atoms with Crippen LogP contribution in [0.25, 0.3) is 21.7 Å². The molecule has 0 unspecified atom stereocenters. The number of amides is 2. The van der Waals surface area contributed by atoms with Crippen LogP contribution >= 0.6 is 11.3 Å². The average molecular weight is 465 g/mol. The van der Waals surface area contributed by atoms with E-state index in [1.165, 1.54) is 6.07 Å². The van der Waals surface area contributed by atoms with Crippen molar-refractivity contribution < 1.29 is 13.6 Å². The molecule has 0 saturated heterocycles. The molecule has 33 heavy (non-hydrogen) atoms. The highest BCUT2D eigenvalue weighted by Gasteiger charge is 2.23. The van der Waals surface area contributed by atoms with E-state index in [0.717, 1.165) is 32.8 Å². The van der Waals surface area contributed by atoms with E-state index in [4.69, 9.17) is 4.98 Å². The highest BCUT2D eigenvalue weighted by Crippen LogP contribution is 2.41. The predicted octanol–water partition coefficient (Wildman–Crippen LogP) is 7.09. The van der Waals surface area contributed by atoms with Gasteiger partial charge in [-0.05, 0) is 42.0 Å². The first-order valence-corrected chi connectivity index (χ1v) is 11.1. The fraction of sp³-hybridized carbons (Fsp3) is 0.160. The van der Waals surface area contributed by atoms with Gasteiger partial charge in [-0.3, -0.25) is 4.98 Å². The van der Waals surface area contributed by atoms with Crippen LogP contribution in [0.1, 0.15) is 25.8 Å². The van der Waals surface area contributed by atoms with E-state index < -0.39 is 17.7 Å². The first-order valence-electron chi connectivity index (χ1n) is 10.3. The second-order valence-corrected chi connectivity index (χ2v) is 9.47. The van der Waals surface area contributed by atoms with Crippen molar-refractivity contribution >= 4 is 28.7 Å². The highest BCUT2D eigenvalue weighted by atomic mass is 32.1. The maximum Gasteiger partial charge on any atom is 0.323 e. The number of nitrogens with one attached hydrogen (secondary N) is 2. The summed E-state index contributed by atoms with van der Waals surface area (Å²) in [6.07, 6.45) is 3.46. The summed E-state index contributed by atoms with van der Waals surface area (Å²) in [5, 5.41) is 6.09. The molecule has 2 aromatic carbocycles. The van der Waals surface area contributed by atoms with Crippen molar-refractivity contribution in [1.29, 1.82) is 0 Å². The largest absolute Gasteiger partial charge is 0.323 e. The Bertz CT molecular complexity index is 1300. The van der Waals surface area contributed by atoms with E-state index in [2.05, 4.69) is 36.4 Å². The Kier molecular flexibility index (Phi) is 6.20. The molecule has 2 N–H and O–H groups in total. The van der Waals surface area contributed by atoms with E-state index in [1.54, 1.807) is 29.8 Å². The van der Waals surface area contributed by atoms with Crippen molar-refractivity contribution in [2.75, 3.05) is 10.6 Å². The van der Waals surface area contributed by atoms with Crippen molar-refractivity contribution in [3.05, 3.63) is 83.6 Å². The fourth-order valence-corrected chi connectivity index (χ4v) is 4.30. The number of hydrogen-bond acceptors (Lipinski definition) is 4. The highest BCUT2D eigenvalue weighted by molar-refractivity contribution is 7.15. The molecule has 0 aliphatic carbocycles. The third kappa shape index (κ3) is 5.23. The maximum atomic E-state index is 13.8. The molecule has 2 aromatic heterocycles. The lowest BCUT2D eigenvalue weighted by molar-refractivity contribution is 0.262. The van der Waals surface area contributed by atoms with Gasteiger partial charge in [0.1, 0.15) is 11.6 Å². The van der Waals surface area contributed by atoms with Crippen molar-refractivity contribution in [3.8, 4) is 21.7 Å². The Morgan fingerprint density at radius 1 is 0.939 bits per heavy atom. The van der Waals surface area contributed by atoms with Crippen LogP contribution in [0.15, 0.2) is 67.0 Å². The Morgan fingerprint density at radius 2 is 1.70 bits per heavy atom. The molecule has 0 fully saturated rings. The number of urea groups is 1. The quantitative estimate of drug-likeness (QED) is 0.339. The lowest BCUT2D eigenvalue weighted by atomic mass is 9.98. The molecule has 2 amide bonds. The zero-order chi connectivity index (χ0) is 23.6. The number of hydrogen-bond donors (Lipinski definition) is 2. The molecule has 4 aromatic rings. The van der Waals surface area contributed by atoms with Crippen LogP contribution in [0.2, 0.25) is 0 Å². The molecule has 0 saturated carbocycles. The van der Waals surface area contributed by atoms with Crippen molar-refractivity contribution in [1.82, 2.24) is 9.97 Å². The van der Waals surface area contributed by atoms with E-state index in [0.29, 0.717) is 11.8 Å². The van der Waals surface area contributed by atoms with Crippen molar-refractivity contribution in [2.24, 2.45) is 0 Å². The zero-order valence-corrected chi connectivity index (χ0v) is 19.1. The van der Waals surface area contributed by atoms with Gasteiger partial charge in [0.2, 0.25) is 0 Å². The second-order valence-electron chi connectivity index (χ2n) is 8.47. The summed E-state index contributed by atoms with van der Waals surface area (Å²) in [5.74, 6) is -1.56. The molecule has 5 nitrogen and oxygen atoms in total. The normalized spacial score (nSPS) is 11.3. The molecule has 0 radical (unpaired) electrons. The van der Waals surface area contributed by atoms with Gasteiger partial charge in [0, 0.05) is 35.1 Å². The third-order valence-electron chi connectivity index (χ3n) is 4.78. The van der Waals surface area contributed by atoms with Crippen LogP contribution in [0.5, 0.6) is 0 Å². The van der Waals surface area contributed by atoms with Crippen LogP contribution in [-0.4, -0.2) is 16.0 Å². The summed E-state index contributed by atoms with van der Waals surface area (Å²) < 4.78 is 26.9. The van der Waals surface area contributed by atoms with Gasteiger partial charge >= 0.3 is 6.03 Å². The number of halogens is 2. The molecule has 0 aliphatic heterocycles. The molecule has 4 rings (SSSR count). The van der Waals surface area contributed by atoms with Crippen molar-refractivity contribution in [3.63, 3.8) is 0 Å². The van der Waals surface area contributed by atoms with Gasteiger partial charge in [0.15, 0.2) is 0 Å². The number of thiazole rings is 1. The number of pyridine rings is 1. The summed E-state index contributed by atoms with van der Waals surface area (Å²) in [6, 6.07) is 13.5. The first-order chi connectivity index (χ1) is 15.7. The summed E-state index contributed by atoms with van der Waals surface area (Å²) in [6.45, 7) is 6.34. The summed E-state index contributed by atoms with van der Waals surface area (Å²) in [5.41, 5.74) is 2.98. The summed E-state index contributed by atoms with van der Waals surface area (Å²) in [7, 11) is 0. The number of nitrogens with zero attached hydrogens (tertiary/aromatic N) is 2. The Labute approximate surface area is 194 Å². The number of benzene rings is 2. The standard InChI is InChI=1S/C25H22F2N4OS/c1-25(2,3)23-31-21(15-9-11-28-12-10-15)22(33-23)16-5-4-6-18(13-16)29-24(32)30-20-8-7-17(26)14-19(20)27/h4-14H,1-3H3,(H2,29,30,32). The van der Waals surface area contributed by atoms with Crippen LogP contribution in [0, 0.1) is 11.6 Å².